The van der Waals surface area contributed by atoms with Gasteiger partial charge in [0.25, 0.3) is 0 Å². The number of carbonyl (C=O) groups excluding carboxylic acids is 1. The number of ether oxygens (including phenoxy) is 1. The number of anilines is 1. The van der Waals surface area contributed by atoms with E-state index in [2.05, 4.69) is 10.6 Å². The number of hydrogen-bond acceptors (Lipinski definition) is 3. The Hall–Kier alpha value is -1.55. The smallest absolute Gasteiger partial charge is 0.239 e. The summed E-state index contributed by atoms with van der Waals surface area (Å²) in [5.41, 5.74) is 0.969. The molecule has 1 fully saturated rings. The van der Waals surface area contributed by atoms with E-state index in [0.29, 0.717) is 6.54 Å². The molecule has 0 bridgehead atoms. The molecule has 18 heavy (non-hydrogen) atoms. The van der Waals surface area contributed by atoms with Gasteiger partial charge in [0.1, 0.15) is 0 Å². The van der Waals surface area contributed by atoms with E-state index >= 15 is 0 Å². The van der Waals surface area contributed by atoms with Crippen LogP contribution in [0.4, 0.5) is 5.69 Å². The van der Waals surface area contributed by atoms with E-state index in [1.54, 1.807) is 0 Å². The summed E-state index contributed by atoms with van der Waals surface area (Å²) in [7, 11) is 0. The summed E-state index contributed by atoms with van der Waals surface area (Å²) in [5, 5.41) is 6.15. The molecule has 1 heterocycles. The van der Waals surface area contributed by atoms with Crippen LogP contribution in [0.15, 0.2) is 30.3 Å². The Morgan fingerprint density at radius 1 is 1.22 bits per heavy atom. The van der Waals surface area contributed by atoms with Crippen molar-refractivity contribution < 1.29 is 9.53 Å². The van der Waals surface area contributed by atoms with Crippen LogP contribution in [0.25, 0.3) is 0 Å². The zero-order valence-corrected chi connectivity index (χ0v) is 10.5. The fourth-order valence-electron chi connectivity index (χ4n) is 2.07. The van der Waals surface area contributed by atoms with E-state index < -0.39 is 0 Å². The summed E-state index contributed by atoms with van der Waals surface area (Å²) in [5.74, 6) is 0.0470. The molecule has 2 N–H and O–H groups in total. The van der Waals surface area contributed by atoms with Crippen molar-refractivity contribution in [3.05, 3.63) is 30.3 Å². The molecule has 0 spiro atoms. The molecule has 1 amide bonds. The minimum absolute atomic E-state index is 0.0470. The second-order valence-electron chi connectivity index (χ2n) is 4.53. The van der Waals surface area contributed by atoms with Gasteiger partial charge in [-0.3, -0.25) is 4.79 Å². The Kier molecular flexibility index (Phi) is 5.02. The zero-order valence-electron chi connectivity index (χ0n) is 10.5. The second kappa shape index (κ2) is 7.01. The molecule has 0 radical (unpaired) electrons. The first-order chi connectivity index (χ1) is 8.84. The van der Waals surface area contributed by atoms with Crippen LogP contribution >= 0.6 is 0 Å². The third-order valence-corrected chi connectivity index (χ3v) is 3.04. The van der Waals surface area contributed by atoms with Crippen molar-refractivity contribution >= 4 is 11.6 Å². The number of carbonyl (C=O) groups is 1. The Bertz CT molecular complexity index is 359. The van der Waals surface area contributed by atoms with Gasteiger partial charge in [-0.1, -0.05) is 18.2 Å². The van der Waals surface area contributed by atoms with Crippen molar-refractivity contribution in [2.24, 2.45) is 0 Å². The summed E-state index contributed by atoms with van der Waals surface area (Å²) in [6.45, 7) is 1.88. The normalized spacial score (nSPS) is 19.9. The van der Waals surface area contributed by atoms with E-state index in [-0.39, 0.29) is 11.9 Å². The van der Waals surface area contributed by atoms with Crippen molar-refractivity contribution in [3.8, 4) is 0 Å². The van der Waals surface area contributed by atoms with Crippen LogP contribution in [0.2, 0.25) is 0 Å². The summed E-state index contributed by atoms with van der Waals surface area (Å²) in [6.07, 6.45) is 2.95. The molecule has 0 aromatic heterocycles. The molecule has 4 heteroatoms. The predicted octanol–water partition coefficient (Wildman–Crippen LogP) is 1.78. The second-order valence-corrected chi connectivity index (χ2v) is 4.53. The van der Waals surface area contributed by atoms with Crippen LogP contribution in [0.3, 0.4) is 0 Å². The van der Waals surface area contributed by atoms with Crippen molar-refractivity contribution in [1.29, 1.82) is 0 Å². The highest BCUT2D eigenvalue weighted by Gasteiger charge is 2.14. The van der Waals surface area contributed by atoms with Crippen LogP contribution < -0.4 is 10.6 Å². The van der Waals surface area contributed by atoms with Gasteiger partial charge in [0.15, 0.2) is 0 Å². The Labute approximate surface area is 108 Å². The van der Waals surface area contributed by atoms with Gasteiger partial charge in [-0.2, -0.15) is 0 Å². The molecule has 4 nitrogen and oxygen atoms in total. The van der Waals surface area contributed by atoms with Gasteiger partial charge in [0.2, 0.25) is 5.91 Å². The summed E-state index contributed by atoms with van der Waals surface area (Å²) < 4.78 is 5.37. The highest BCUT2D eigenvalue weighted by Crippen LogP contribution is 2.08. The summed E-state index contributed by atoms with van der Waals surface area (Å²) >= 11 is 0. The average molecular weight is 248 g/mol. The van der Waals surface area contributed by atoms with Gasteiger partial charge in [0.05, 0.1) is 6.54 Å². The first-order valence-electron chi connectivity index (χ1n) is 6.50. The van der Waals surface area contributed by atoms with E-state index in [9.17, 15) is 4.79 Å². The van der Waals surface area contributed by atoms with Gasteiger partial charge in [0, 0.05) is 24.9 Å². The van der Waals surface area contributed by atoms with E-state index in [1.807, 2.05) is 30.3 Å². The highest BCUT2D eigenvalue weighted by molar-refractivity contribution is 5.80. The molecule has 1 unspecified atom stereocenters. The first-order valence-corrected chi connectivity index (χ1v) is 6.50. The maximum Gasteiger partial charge on any atom is 0.239 e. The molecule has 98 valence electrons. The van der Waals surface area contributed by atoms with Crippen LogP contribution in [-0.2, 0) is 9.53 Å². The molecular weight excluding hydrogens is 228 g/mol. The Morgan fingerprint density at radius 2 is 2.06 bits per heavy atom. The molecule has 0 saturated carbocycles. The minimum Gasteiger partial charge on any atom is -0.381 e. The van der Waals surface area contributed by atoms with Crippen molar-refractivity contribution in [2.45, 2.75) is 25.3 Å². The molecule has 1 atom stereocenters. The van der Waals surface area contributed by atoms with Crippen LogP contribution in [0.1, 0.15) is 19.3 Å². The molecule has 1 saturated heterocycles. The average Bonchev–Trinajstić information content (AvgIpc) is 2.66. The third-order valence-electron chi connectivity index (χ3n) is 3.04. The van der Waals surface area contributed by atoms with Gasteiger partial charge >= 0.3 is 0 Å². The van der Waals surface area contributed by atoms with Crippen LogP contribution in [0.5, 0.6) is 0 Å². The number of benzene rings is 1. The van der Waals surface area contributed by atoms with E-state index in [1.165, 1.54) is 0 Å². The quantitative estimate of drug-likeness (QED) is 0.854. The Morgan fingerprint density at radius 3 is 2.89 bits per heavy atom. The maximum atomic E-state index is 11.8. The topological polar surface area (TPSA) is 50.4 Å². The van der Waals surface area contributed by atoms with E-state index in [0.717, 1.165) is 38.2 Å². The van der Waals surface area contributed by atoms with Crippen molar-refractivity contribution in [2.75, 3.05) is 25.1 Å². The monoisotopic (exact) mass is 248 g/mol. The van der Waals surface area contributed by atoms with Gasteiger partial charge in [-0.15, -0.1) is 0 Å². The largest absolute Gasteiger partial charge is 0.381 e. The molecule has 1 aromatic carbocycles. The van der Waals surface area contributed by atoms with Crippen molar-refractivity contribution in [3.63, 3.8) is 0 Å². The lowest BCUT2D eigenvalue weighted by Gasteiger charge is -2.16. The minimum atomic E-state index is 0.0470. The molecule has 1 aliphatic heterocycles. The highest BCUT2D eigenvalue weighted by atomic mass is 16.5. The lowest BCUT2D eigenvalue weighted by molar-refractivity contribution is -0.120. The lowest BCUT2D eigenvalue weighted by atomic mass is 10.1. The number of amides is 1. The number of nitrogens with one attached hydrogen (secondary N) is 2. The van der Waals surface area contributed by atoms with Crippen molar-refractivity contribution in [1.82, 2.24) is 5.32 Å². The standard InChI is InChI=1S/C14H20N2O2/c17-14(11-15-12-5-2-1-3-6-12)16-13-7-4-9-18-10-8-13/h1-3,5-6,13,15H,4,7-11H2,(H,16,17). The molecular formula is C14H20N2O2. The van der Waals surface area contributed by atoms with E-state index in [4.69, 9.17) is 4.74 Å². The van der Waals surface area contributed by atoms with Crippen LogP contribution in [-0.4, -0.2) is 31.7 Å². The van der Waals surface area contributed by atoms with Gasteiger partial charge in [-0.05, 0) is 31.4 Å². The lowest BCUT2D eigenvalue weighted by Crippen LogP contribution is -2.38. The molecule has 2 rings (SSSR count). The maximum absolute atomic E-state index is 11.8. The summed E-state index contributed by atoms with van der Waals surface area (Å²) in [4.78, 5) is 11.8. The fourth-order valence-corrected chi connectivity index (χ4v) is 2.07. The Balaban J connectivity index is 1.71. The number of hydrogen-bond donors (Lipinski definition) is 2. The fraction of sp³-hybridized carbons (Fsp3) is 0.500. The molecule has 1 aromatic rings. The third kappa shape index (κ3) is 4.37. The van der Waals surface area contributed by atoms with Gasteiger partial charge in [-0.25, -0.2) is 0 Å². The molecule has 1 aliphatic rings. The number of rotatable bonds is 4. The first kappa shape index (κ1) is 12.9. The SMILES string of the molecule is O=C(CNc1ccccc1)NC1CCCOCC1. The number of para-hydroxylation sites is 1. The molecule has 0 aliphatic carbocycles. The summed E-state index contributed by atoms with van der Waals surface area (Å²) in [6, 6.07) is 10.0. The van der Waals surface area contributed by atoms with Gasteiger partial charge < -0.3 is 15.4 Å². The van der Waals surface area contributed by atoms with Crippen LogP contribution in [0, 0.1) is 0 Å². The zero-order chi connectivity index (χ0) is 12.6. The predicted molar refractivity (Wildman–Crippen MR) is 71.5 cm³/mol.